The Bertz CT molecular complexity index is 626. The van der Waals surface area contributed by atoms with Crippen molar-refractivity contribution in [3.05, 3.63) is 53.9 Å². The van der Waals surface area contributed by atoms with Gasteiger partial charge in [-0.15, -0.1) is 0 Å². The molecular weight excluding hydrogens is 246 g/mol. The number of hydrogen-bond donors (Lipinski definition) is 3. The summed E-state index contributed by atoms with van der Waals surface area (Å²) in [7, 11) is 0. The highest BCUT2D eigenvalue weighted by Crippen LogP contribution is 2.20. The minimum Gasteiger partial charge on any atom is -0.478 e. The van der Waals surface area contributed by atoms with Crippen molar-refractivity contribution in [2.45, 2.75) is 0 Å². The maximum Gasteiger partial charge on any atom is 0.335 e. The fourth-order valence-electron chi connectivity index (χ4n) is 1.50. The first-order valence-electron chi connectivity index (χ1n) is 5.42. The molecular formula is C13H11N3O3. The predicted molar refractivity (Wildman–Crippen MR) is 70.0 cm³/mol. The van der Waals surface area contributed by atoms with Crippen molar-refractivity contribution in [1.82, 2.24) is 4.98 Å². The first kappa shape index (κ1) is 12.6. The number of carboxylic acids is 1. The molecule has 0 unspecified atom stereocenters. The molecule has 1 aromatic heterocycles. The van der Waals surface area contributed by atoms with Crippen molar-refractivity contribution in [3.63, 3.8) is 0 Å². The van der Waals surface area contributed by atoms with Crippen molar-refractivity contribution in [2.75, 3.05) is 11.1 Å². The van der Waals surface area contributed by atoms with Gasteiger partial charge in [-0.2, -0.15) is 0 Å². The van der Waals surface area contributed by atoms with Crippen LogP contribution in [0.3, 0.4) is 0 Å². The summed E-state index contributed by atoms with van der Waals surface area (Å²) in [6.07, 6.45) is 2.99. The molecule has 2 aromatic rings. The van der Waals surface area contributed by atoms with Crippen LogP contribution in [0.4, 0.5) is 11.4 Å². The zero-order chi connectivity index (χ0) is 13.8. The second kappa shape index (κ2) is 5.18. The number of nitrogen functional groups attached to an aromatic ring is 1. The van der Waals surface area contributed by atoms with Crippen molar-refractivity contribution < 1.29 is 14.7 Å². The number of benzene rings is 1. The van der Waals surface area contributed by atoms with Crippen molar-refractivity contribution in [1.29, 1.82) is 0 Å². The molecule has 0 fully saturated rings. The van der Waals surface area contributed by atoms with Gasteiger partial charge in [-0.05, 0) is 30.3 Å². The third-order valence-corrected chi connectivity index (χ3v) is 2.47. The number of carbonyl (C=O) groups is 2. The maximum absolute atomic E-state index is 11.9. The van der Waals surface area contributed by atoms with E-state index in [0.29, 0.717) is 11.3 Å². The molecule has 4 N–H and O–H groups in total. The molecule has 19 heavy (non-hydrogen) atoms. The Kier molecular flexibility index (Phi) is 3.42. The number of amides is 1. The summed E-state index contributed by atoms with van der Waals surface area (Å²) in [6, 6.07) is 7.38. The molecule has 0 aliphatic rings. The molecule has 0 saturated heterocycles. The third kappa shape index (κ3) is 2.86. The first-order valence-corrected chi connectivity index (χ1v) is 5.42. The molecule has 2 rings (SSSR count). The number of hydrogen-bond acceptors (Lipinski definition) is 4. The van der Waals surface area contributed by atoms with Gasteiger partial charge in [0, 0.05) is 12.4 Å². The Hall–Kier alpha value is -2.89. The SMILES string of the molecule is Nc1cc(C(=O)O)ccc1NC(=O)c1cccnc1. The second-order valence-corrected chi connectivity index (χ2v) is 3.80. The number of rotatable bonds is 3. The van der Waals surface area contributed by atoms with E-state index in [1.165, 1.54) is 24.4 Å². The van der Waals surface area contributed by atoms with Crippen LogP contribution in [0.1, 0.15) is 20.7 Å². The van der Waals surface area contributed by atoms with Gasteiger partial charge in [0.05, 0.1) is 22.5 Å². The lowest BCUT2D eigenvalue weighted by atomic mass is 10.1. The van der Waals surface area contributed by atoms with Crippen LogP contribution in [0.2, 0.25) is 0 Å². The van der Waals surface area contributed by atoms with Gasteiger partial charge in [0.2, 0.25) is 0 Å². The second-order valence-electron chi connectivity index (χ2n) is 3.80. The highest BCUT2D eigenvalue weighted by Gasteiger charge is 2.10. The van der Waals surface area contributed by atoms with Crippen LogP contribution >= 0.6 is 0 Å². The third-order valence-electron chi connectivity index (χ3n) is 2.47. The molecule has 0 radical (unpaired) electrons. The Labute approximate surface area is 108 Å². The smallest absolute Gasteiger partial charge is 0.335 e. The van der Waals surface area contributed by atoms with Gasteiger partial charge in [-0.25, -0.2) is 4.79 Å². The van der Waals surface area contributed by atoms with Crippen LogP contribution in [0.15, 0.2) is 42.7 Å². The molecule has 0 saturated carbocycles. The number of nitrogens with one attached hydrogen (secondary N) is 1. The van der Waals surface area contributed by atoms with E-state index in [9.17, 15) is 9.59 Å². The zero-order valence-electron chi connectivity index (χ0n) is 9.83. The maximum atomic E-state index is 11.9. The van der Waals surface area contributed by atoms with Crippen molar-refractivity contribution in [3.8, 4) is 0 Å². The van der Waals surface area contributed by atoms with Gasteiger partial charge >= 0.3 is 5.97 Å². The van der Waals surface area contributed by atoms with E-state index in [1.54, 1.807) is 18.3 Å². The highest BCUT2D eigenvalue weighted by atomic mass is 16.4. The van der Waals surface area contributed by atoms with Gasteiger partial charge in [0.1, 0.15) is 0 Å². The first-order chi connectivity index (χ1) is 9.08. The number of carboxylic acid groups (broad SMARTS) is 1. The van der Waals surface area contributed by atoms with Crippen LogP contribution < -0.4 is 11.1 Å². The van der Waals surface area contributed by atoms with E-state index in [2.05, 4.69) is 10.3 Å². The summed E-state index contributed by atoms with van der Waals surface area (Å²) in [4.78, 5) is 26.5. The predicted octanol–water partition coefficient (Wildman–Crippen LogP) is 1.61. The van der Waals surface area contributed by atoms with E-state index in [-0.39, 0.29) is 17.2 Å². The minimum absolute atomic E-state index is 0.0666. The quantitative estimate of drug-likeness (QED) is 0.724. The van der Waals surface area contributed by atoms with E-state index in [1.807, 2.05) is 0 Å². The fourth-order valence-corrected chi connectivity index (χ4v) is 1.50. The number of nitrogens with two attached hydrogens (primary N) is 1. The Morgan fingerprint density at radius 3 is 2.58 bits per heavy atom. The molecule has 0 bridgehead atoms. The lowest BCUT2D eigenvalue weighted by Crippen LogP contribution is -2.13. The molecule has 1 aromatic carbocycles. The highest BCUT2D eigenvalue weighted by molar-refractivity contribution is 6.06. The molecule has 0 aliphatic carbocycles. The van der Waals surface area contributed by atoms with Crippen LogP contribution in [-0.2, 0) is 0 Å². The van der Waals surface area contributed by atoms with Crippen molar-refractivity contribution in [2.24, 2.45) is 0 Å². The lowest BCUT2D eigenvalue weighted by Gasteiger charge is -2.08. The lowest BCUT2D eigenvalue weighted by molar-refractivity contribution is 0.0697. The fraction of sp³-hybridized carbons (Fsp3) is 0. The number of anilines is 2. The van der Waals surface area contributed by atoms with Gasteiger partial charge in [-0.1, -0.05) is 0 Å². The largest absolute Gasteiger partial charge is 0.478 e. The topological polar surface area (TPSA) is 105 Å². The number of nitrogens with zero attached hydrogens (tertiary/aromatic N) is 1. The van der Waals surface area contributed by atoms with E-state index < -0.39 is 5.97 Å². The van der Waals surface area contributed by atoms with Crippen molar-refractivity contribution >= 4 is 23.3 Å². The summed E-state index contributed by atoms with van der Waals surface area (Å²) in [6.45, 7) is 0. The van der Waals surface area contributed by atoms with Crippen LogP contribution in [0.5, 0.6) is 0 Å². The summed E-state index contributed by atoms with van der Waals surface area (Å²) in [5.74, 6) is -1.43. The Morgan fingerprint density at radius 1 is 1.21 bits per heavy atom. The van der Waals surface area contributed by atoms with Gasteiger partial charge in [0.25, 0.3) is 5.91 Å². The summed E-state index contributed by atoms with van der Waals surface area (Å²) in [5, 5.41) is 11.4. The average molecular weight is 257 g/mol. The van der Waals surface area contributed by atoms with Crippen LogP contribution in [0.25, 0.3) is 0 Å². The molecule has 6 heteroatoms. The molecule has 6 nitrogen and oxygen atoms in total. The average Bonchev–Trinajstić information content (AvgIpc) is 2.41. The van der Waals surface area contributed by atoms with Crippen LogP contribution in [-0.4, -0.2) is 22.0 Å². The molecule has 96 valence electrons. The molecule has 1 amide bonds. The number of carbonyl (C=O) groups excluding carboxylic acids is 1. The number of aromatic carboxylic acids is 1. The molecule has 1 heterocycles. The molecule has 0 spiro atoms. The molecule has 0 atom stereocenters. The van der Waals surface area contributed by atoms with Gasteiger partial charge in [0.15, 0.2) is 0 Å². The number of pyridine rings is 1. The van der Waals surface area contributed by atoms with Crippen LogP contribution in [0, 0.1) is 0 Å². The summed E-state index contributed by atoms with van der Waals surface area (Å²) in [5.41, 5.74) is 6.70. The summed E-state index contributed by atoms with van der Waals surface area (Å²) >= 11 is 0. The Balaban J connectivity index is 2.20. The van der Waals surface area contributed by atoms with Gasteiger partial charge in [-0.3, -0.25) is 9.78 Å². The minimum atomic E-state index is -1.07. The molecule has 0 aliphatic heterocycles. The van der Waals surface area contributed by atoms with E-state index in [0.717, 1.165) is 0 Å². The normalized spacial score (nSPS) is 9.89. The van der Waals surface area contributed by atoms with E-state index in [4.69, 9.17) is 10.8 Å². The summed E-state index contributed by atoms with van der Waals surface area (Å²) < 4.78 is 0. The van der Waals surface area contributed by atoms with E-state index >= 15 is 0 Å². The zero-order valence-corrected chi connectivity index (χ0v) is 9.83. The van der Waals surface area contributed by atoms with Gasteiger partial charge < -0.3 is 16.2 Å². The number of aromatic nitrogens is 1. The standard InChI is InChI=1S/C13H11N3O3/c14-10-6-8(13(18)19)3-4-11(10)16-12(17)9-2-1-5-15-7-9/h1-7H,14H2,(H,16,17)(H,18,19). The Morgan fingerprint density at radius 2 is 2.00 bits per heavy atom. The monoisotopic (exact) mass is 257 g/mol.